The highest BCUT2D eigenvalue weighted by Crippen LogP contribution is 2.13. The third-order valence-electron chi connectivity index (χ3n) is 2.31. The highest BCUT2D eigenvalue weighted by atomic mass is 15.1. The van der Waals surface area contributed by atoms with Crippen molar-refractivity contribution in [1.29, 1.82) is 0 Å². The van der Waals surface area contributed by atoms with Crippen molar-refractivity contribution in [2.45, 2.75) is 19.4 Å². The molecule has 0 saturated carbocycles. The van der Waals surface area contributed by atoms with Gasteiger partial charge in [0.05, 0.1) is 0 Å². The third kappa shape index (κ3) is 4.70. The third-order valence-corrected chi connectivity index (χ3v) is 2.31. The molecule has 0 aromatic heterocycles. The summed E-state index contributed by atoms with van der Waals surface area (Å²) in [6.07, 6.45) is 1.13. The van der Waals surface area contributed by atoms with Crippen LogP contribution in [0.1, 0.15) is 13.3 Å². The molecule has 3 nitrogen and oxygen atoms in total. The van der Waals surface area contributed by atoms with Gasteiger partial charge in [-0.2, -0.15) is 0 Å². The summed E-state index contributed by atoms with van der Waals surface area (Å²) in [5.41, 5.74) is 7.61. The van der Waals surface area contributed by atoms with Gasteiger partial charge in [-0.3, -0.25) is 0 Å². The van der Waals surface area contributed by atoms with Crippen molar-refractivity contribution in [3.05, 3.63) is 24.3 Å². The van der Waals surface area contributed by atoms with Crippen molar-refractivity contribution in [2.75, 3.05) is 31.7 Å². The van der Waals surface area contributed by atoms with Crippen molar-refractivity contribution in [2.24, 2.45) is 0 Å². The van der Waals surface area contributed by atoms with Crippen LogP contribution in [0.5, 0.6) is 0 Å². The fourth-order valence-corrected chi connectivity index (χ4v) is 1.44. The molecule has 0 fully saturated rings. The number of anilines is 2. The van der Waals surface area contributed by atoms with Gasteiger partial charge >= 0.3 is 0 Å². The van der Waals surface area contributed by atoms with E-state index in [4.69, 9.17) is 5.73 Å². The first-order chi connectivity index (χ1) is 7.08. The maximum absolute atomic E-state index is 5.71. The van der Waals surface area contributed by atoms with Gasteiger partial charge < -0.3 is 16.0 Å². The summed E-state index contributed by atoms with van der Waals surface area (Å²) in [7, 11) is 4.18. The van der Waals surface area contributed by atoms with Gasteiger partial charge in [0.25, 0.3) is 0 Å². The van der Waals surface area contributed by atoms with Crippen LogP contribution in [0.3, 0.4) is 0 Å². The van der Waals surface area contributed by atoms with Gasteiger partial charge in [-0.25, -0.2) is 0 Å². The van der Waals surface area contributed by atoms with E-state index in [1.54, 1.807) is 0 Å². The van der Waals surface area contributed by atoms with Crippen LogP contribution in [-0.2, 0) is 0 Å². The Morgan fingerprint density at radius 3 is 2.73 bits per heavy atom. The molecule has 1 rings (SSSR count). The highest BCUT2D eigenvalue weighted by molar-refractivity contribution is 5.54. The molecule has 0 bridgehead atoms. The zero-order chi connectivity index (χ0) is 11.3. The Morgan fingerprint density at radius 2 is 2.13 bits per heavy atom. The topological polar surface area (TPSA) is 41.3 Å². The molecule has 0 aliphatic heterocycles. The number of rotatable bonds is 5. The Hall–Kier alpha value is -1.22. The number of nitrogen functional groups attached to an aromatic ring is 1. The van der Waals surface area contributed by atoms with Crippen molar-refractivity contribution in [3.63, 3.8) is 0 Å². The lowest BCUT2D eigenvalue weighted by Crippen LogP contribution is -2.22. The van der Waals surface area contributed by atoms with E-state index in [0.29, 0.717) is 6.04 Å². The molecule has 3 N–H and O–H groups in total. The van der Waals surface area contributed by atoms with Crippen molar-refractivity contribution in [3.8, 4) is 0 Å². The van der Waals surface area contributed by atoms with E-state index in [1.165, 1.54) is 0 Å². The molecule has 84 valence electrons. The molecular formula is C12H21N3. The first-order valence-electron chi connectivity index (χ1n) is 5.34. The molecule has 15 heavy (non-hydrogen) atoms. The number of nitrogens with two attached hydrogens (primary N) is 1. The zero-order valence-electron chi connectivity index (χ0n) is 9.83. The van der Waals surface area contributed by atoms with E-state index in [-0.39, 0.29) is 0 Å². The van der Waals surface area contributed by atoms with Gasteiger partial charge in [0.1, 0.15) is 0 Å². The molecule has 0 spiro atoms. The predicted octanol–water partition coefficient (Wildman–Crippen LogP) is 2.02. The minimum Gasteiger partial charge on any atom is -0.399 e. The van der Waals surface area contributed by atoms with Crippen LogP contribution >= 0.6 is 0 Å². The van der Waals surface area contributed by atoms with Crippen LogP contribution in [0.25, 0.3) is 0 Å². The summed E-state index contributed by atoms with van der Waals surface area (Å²) >= 11 is 0. The van der Waals surface area contributed by atoms with Crippen molar-refractivity contribution in [1.82, 2.24) is 4.90 Å². The number of nitrogens with one attached hydrogen (secondary N) is 1. The fourth-order valence-electron chi connectivity index (χ4n) is 1.44. The number of nitrogens with zero attached hydrogens (tertiary/aromatic N) is 1. The molecule has 0 aliphatic carbocycles. The number of hydrogen-bond donors (Lipinski definition) is 2. The minimum atomic E-state index is 0.467. The second-order valence-corrected chi connectivity index (χ2v) is 4.26. The second kappa shape index (κ2) is 5.61. The van der Waals surface area contributed by atoms with E-state index in [0.717, 1.165) is 24.3 Å². The molecule has 3 heteroatoms. The Kier molecular flexibility index (Phi) is 4.43. The van der Waals surface area contributed by atoms with Crippen LogP contribution in [-0.4, -0.2) is 31.6 Å². The first-order valence-corrected chi connectivity index (χ1v) is 5.34. The van der Waals surface area contributed by atoms with Gasteiger partial charge in [0.15, 0.2) is 0 Å². The Balaban J connectivity index is 2.40. The van der Waals surface area contributed by atoms with Gasteiger partial charge in [-0.05, 0) is 52.2 Å². The summed E-state index contributed by atoms with van der Waals surface area (Å²) in [5, 5.41) is 3.43. The van der Waals surface area contributed by atoms with Gasteiger partial charge in [0, 0.05) is 17.4 Å². The molecule has 1 aromatic rings. The average Bonchev–Trinajstić information content (AvgIpc) is 2.15. The molecule has 1 unspecified atom stereocenters. The normalized spacial score (nSPS) is 12.8. The summed E-state index contributed by atoms with van der Waals surface area (Å²) in [4.78, 5) is 2.19. The molecule has 0 saturated heterocycles. The van der Waals surface area contributed by atoms with E-state index in [9.17, 15) is 0 Å². The smallest absolute Gasteiger partial charge is 0.0362 e. The standard InChI is InChI=1S/C12H21N3/c1-10(7-8-15(2)3)14-12-6-4-5-11(13)9-12/h4-6,9-10,14H,7-8,13H2,1-3H3. The Labute approximate surface area is 92.3 Å². The van der Waals surface area contributed by atoms with Gasteiger partial charge in [-0.15, -0.1) is 0 Å². The molecule has 0 radical (unpaired) electrons. The SMILES string of the molecule is CC(CCN(C)C)Nc1cccc(N)c1. The largest absolute Gasteiger partial charge is 0.399 e. The van der Waals surface area contributed by atoms with E-state index < -0.39 is 0 Å². The highest BCUT2D eigenvalue weighted by Gasteiger charge is 2.02. The van der Waals surface area contributed by atoms with E-state index >= 15 is 0 Å². The predicted molar refractivity (Wildman–Crippen MR) is 67.1 cm³/mol. The quantitative estimate of drug-likeness (QED) is 0.726. The van der Waals surface area contributed by atoms with Crippen LogP contribution in [0.4, 0.5) is 11.4 Å². The first kappa shape index (κ1) is 11.9. The van der Waals surface area contributed by atoms with Crippen LogP contribution in [0, 0.1) is 0 Å². The Morgan fingerprint density at radius 1 is 1.40 bits per heavy atom. The molecule has 0 heterocycles. The second-order valence-electron chi connectivity index (χ2n) is 4.26. The molecule has 1 atom stereocenters. The lowest BCUT2D eigenvalue weighted by atomic mass is 10.2. The molecule has 1 aromatic carbocycles. The molecule has 0 amide bonds. The number of hydrogen-bond acceptors (Lipinski definition) is 3. The summed E-state index contributed by atoms with van der Waals surface area (Å²) < 4.78 is 0. The molecular weight excluding hydrogens is 186 g/mol. The number of benzene rings is 1. The van der Waals surface area contributed by atoms with Crippen LogP contribution < -0.4 is 11.1 Å². The van der Waals surface area contributed by atoms with Crippen molar-refractivity contribution >= 4 is 11.4 Å². The van der Waals surface area contributed by atoms with Crippen LogP contribution in [0.15, 0.2) is 24.3 Å². The average molecular weight is 207 g/mol. The minimum absolute atomic E-state index is 0.467. The van der Waals surface area contributed by atoms with Gasteiger partial charge in [-0.1, -0.05) is 6.07 Å². The summed E-state index contributed by atoms with van der Waals surface area (Å²) in [6.45, 7) is 3.28. The maximum Gasteiger partial charge on any atom is 0.0362 e. The fraction of sp³-hybridized carbons (Fsp3) is 0.500. The summed E-state index contributed by atoms with van der Waals surface area (Å²) in [6, 6.07) is 8.34. The maximum atomic E-state index is 5.71. The monoisotopic (exact) mass is 207 g/mol. The van der Waals surface area contributed by atoms with E-state index in [1.807, 2.05) is 24.3 Å². The Bertz CT molecular complexity index is 297. The van der Waals surface area contributed by atoms with Crippen molar-refractivity contribution < 1.29 is 0 Å². The lowest BCUT2D eigenvalue weighted by molar-refractivity contribution is 0.390. The lowest BCUT2D eigenvalue weighted by Gasteiger charge is -2.17. The zero-order valence-corrected chi connectivity index (χ0v) is 9.83. The van der Waals surface area contributed by atoms with Gasteiger partial charge in [0.2, 0.25) is 0 Å². The summed E-state index contributed by atoms with van der Waals surface area (Å²) in [5.74, 6) is 0. The molecule has 0 aliphatic rings. The van der Waals surface area contributed by atoms with Crippen LogP contribution in [0.2, 0.25) is 0 Å². The van der Waals surface area contributed by atoms with E-state index in [2.05, 4.69) is 31.2 Å².